The first kappa shape index (κ1) is 16.0. The molecule has 3 aromatic rings. The van der Waals surface area contributed by atoms with Gasteiger partial charge in [0.1, 0.15) is 0 Å². The fraction of sp³-hybridized carbons (Fsp3) is 0.529. The van der Waals surface area contributed by atoms with E-state index in [0.29, 0.717) is 24.6 Å². The first-order valence-electron chi connectivity index (χ1n) is 8.78. The van der Waals surface area contributed by atoms with Gasteiger partial charge < -0.3 is 9.84 Å². The Morgan fingerprint density at radius 3 is 2.84 bits per heavy atom. The lowest BCUT2D eigenvalue weighted by Gasteiger charge is -2.35. The summed E-state index contributed by atoms with van der Waals surface area (Å²) in [6, 6.07) is 5.53. The van der Waals surface area contributed by atoms with Crippen LogP contribution in [-0.2, 0) is 12.1 Å². The highest BCUT2D eigenvalue weighted by Gasteiger charge is 2.37. The minimum Gasteiger partial charge on any atom is -0.340 e. The molecule has 1 N–H and O–H groups in total. The van der Waals surface area contributed by atoms with Crippen molar-refractivity contribution < 1.29 is 4.52 Å². The molecule has 0 bridgehead atoms. The Bertz CT molecular complexity index is 919. The van der Waals surface area contributed by atoms with E-state index >= 15 is 0 Å². The molecule has 132 valence electrons. The summed E-state index contributed by atoms with van der Waals surface area (Å²) in [5.74, 6) is 1.31. The van der Waals surface area contributed by atoms with Gasteiger partial charge in [0.25, 0.3) is 0 Å². The van der Waals surface area contributed by atoms with Crippen LogP contribution < -0.4 is 11.0 Å². The van der Waals surface area contributed by atoms with Crippen molar-refractivity contribution in [1.29, 1.82) is 0 Å². The summed E-state index contributed by atoms with van der Waals surface area (Å²) in [7, 11) is 0. The van der Waals surface area contributed by atoms with Crippen molar-refractivity contribution in [3.05, 3.63) is 46.6 Å². The molecule has 4 rings (SSSR count). The van der Waals surface area contributed by atoms with E-state index in [1.807, 2.05) is 25.1 Å². The van der Waals surface area contributed by atoms with Gasteiger partial charge in [-0.05, 0) is 25.0 Å². The van der Waals surface area contributed by atoms with E-state index in [2.05, 4.69) is 20.6 Å². The van der Waals surface area contributed by atoms with Gasteiger partial charge in [-0.3, -0.25) is 4.40 Å². The smallest absolute Gasteiger partial charge is 0.340 e. The minimum atomic E-state index is -0.265. The summed E-state index contributed by atoms with van der Waals surface area (Å²) in [5, 5.41) is 12.1. The molecule has 3 aromatic heterocycles. The standard InChI is InChI=1S/C17H22N6O2/c1-13-19-15(21-25-13)17(8-4-2-5-9-17)18-10-12-23-16(24)22-11-6-3-7-14(22)20-23/h3,6-7,11,18H,2,4-5,8-10,12H2,1H3. The van der Waals surface area contributed by atoms with Crippen LogP contribution >= 0.6 is 0 Å². The summed E-state index contributed by atoms with van der Waals surface area (Å²) < 4.78 is 8.25. The highest BCUT2D eigenvalue weighted by Crippen LogP contribution is 2.35. The van der Waals surface area contributed by atoms with Gasteiger partial charge in [0.15, 0.2) is 11.5 Å². The van der Waals surface area contributed by atoms with Crippen LogP contribution in [0.15, 0.2) is 33.7 Å². The monoisotopic (exact) mass is 342 g/mol. The third-order valence-electron chi connectivity index (χ3n) is 4.94. The molecule has 0 aliphatic heterocycles. The molecule has 0 spiro atoms. The molecular formula is C17H22N6O2. The summed E-state index contributed by atoms with van der Waals surface area (Å²) in [4.78, 5) is 16.8. The van der Waals surface area contributed by atoms with Crippen molar-refractivity contribution in [2.24, 2.45) is 0 Å². The Kier molecular flexibility index (Phi) is 4.12. The Hall–Kier alpha value is -2.48. The maximum absolute atomic E-state index is 12.4. The molecule has 25 heavy (non-hydrogen) atoms. The van der Waals surface area contributed by atoms with Gasteiger partial charge >= 0.3 is 5.69 Å². The average molecular weight is 342 g/mol. The molecule has 0 atom stereocenters. The van der Waals surface area contributed by atoms with Crippen LogP contribution in [0.1, 0.15) is 43.8 Å². The number of aromatic nitrogens is 5. The molecule has 0 aromatic carbocycles. The fourth-order valence-corrected chi connectivity index (χ4v) is 3.64. The highest BCUT2D eigenvalue weighted by atomic mass is 16.5. The molecule has 1 saturated carbocycles. The second kappa shape index (κ2) is 6.44. The van der Waals surface area contributed by atoms with Gasteiger partial charge in [0.05, 0.1) is 12.1 Å². The van der Waals surface area contributed by atoms with Crippen LogP contribution in [0.25, 0.3) is 5.65 Å². The van der Waals surface area contributed by atoms with Crippen LogP contribution in [0.2, 0.25) is 0 Å². The maximum atomic E-state index is 12.4. The van der Waals surface area contributed by atoms with Crippen LogP contribution in [0.3, 0.4) is 0 Å². The third kappa shape index (κ3) is 2.97. The Labute approximate surface area is 144 Å². The van der Waals surface area contributed by atoms with Crippen LogP contribution in [0.4, 0.5) is 0 Å². The molecule has 1 aliphatic rings. The van der Waals surface area contributed by atoms with E-state index < -0.39 is 0 Å². The zero-order valence-corrected chi connectivity index (χ0v) is 14.3. The Morgan fingerprint density at radius 2 is 2.12 bits per heavy atom. The van der Waals surface area contributed by atoms with E-state index in [9.17, 15) is 4.79 Å². The zero-order chi connectivity index (χ0) is 17.3. The largest absolute Gasteiger partial charge is 0.350 e. The van der Waals surface area contributed by atoms with E-state index in [4.69, 9.17) is 4.52 Å². The summed E-state index contributed by atoms with van der Waals surface area (Å²) in [6.07, 6.45) is 7.19. The highest BCUT2D eigenvalue weighted by molar-refractivity contribution is 5.35. The molecular weight excluding hydrogens is 320 g/mol. The molecule has 1 fully saturated rings. The van der Waals surface area contributed by atoms with Crippen molar-refractivity contribution in [1.82, 2.24) is 29.6 Å². The van der Waals surface area contributed by atoms with Crippen molar-refractivity contribution in [3.8, 4) is 0 Å². The first-order chi connectivity index (χ1) is 12.2. The van der Waals surface area contributed by atoms with Crippen LogP contribution in [0.5, 0.6) is 0 Å². The van der Waals surface area contributed by atoms with Gasteiger partial charge in [-0.2, -0.15) is 4.98 Å². The lowest BCUT2D eigenvalue weighted by molar-refractivity contribution is 0.210. The van der Waals surface area contributed by atoms with E-state index in [0.717, 1.165) is 31.5 Å². The average Bonchev–Trinajstić information content (AvgIpc) is 3.21. The minimum absolute atomic E-state index is 0.120. The number of rotatable bonds is 5. The molecule has 8 heteroatoms. The van der Waals surface area contributed by atoms with Gasteiger partial charge in [-0.15, -0.1) is 5.10 Å². The van der Waals surface area contributed by atoms with Crippen molar-refractivity contribution in [2.75, 3.05) is 6.54 Å². The summed E-state index contributed by atoms with van der Waals surface area (Å²) in [5.41, 5.74) is 0.276. The number of hydrogen-bond acceptors (Lipinski definition) is 6. The predicted molar refractivity (Wildman–Crippen MR) is 91.3 cm³/mol. The molecule has 0 unspecified atom stereocenters. The number of nitrogens with one attached hydrogen (secondary N) is 1. The first-order valence-corrected chi connectivity index (χ1v) is 8.78. The number of hydrogen-bond donors (Lipinski definition) is 1. The number of fused-ring (bicyclic) bond motifs is 1. The van der Waals surface area contributed by atoms with Crippen LogP contribution in [-0.4, -0.2) is 30.9 Å². The second-order valence-electron chi connectivity index (χ2n) is 6.64. The predicted octanol–water partition coefficient (Wildman–Crippen LogP) is 1.64. The molecule has 0 amide bonds. The molecule has 1 aliphatic carbocycles. The quantitative estimate of drug-likeness (QED) is 0.758. The normalized spacial score (nSPS) is 17.2. The summed E-state index contributed by atoms with van der Waals surface area (Å²) in [6.45, 7) is 2.93. The van der Waals surface area contributed by atoms with Crippen molar-refractivity contribution in [3.63, 3.8) is 0 Å². The maximum Gasteiger partial charge on any atom is 0.350 e. The topological polar surface area (TPSA) is 90.2 Å². The fourth-order valence-electron chi connectivity index (χ4n) is 3.64. The van der Waals surface area contributed by atoms with Crippen molar-refractivity contribution in [2.45, 2.75) is 51.1 Å². The van der Waals surface area contributed by atoms with E-state index in [-0.39, 0.29) is 11.2 Å². The Morgan fingerprint density at radius 1 is 1.28 bits per heavy atom. The number of pyridine rings is 1. The van der Waals surface area contributed by atoms with E-state index in [1.54, 1.807) is 10.6 Å². The van der Waals surface area contributed by atoms with Gasteiger partial charge in [0.2, 0.25) is 5.89 Å². The molecule has 0 saturated heterocycles. The third-order valence-corrected chi connectivity index (χ3v) is 4.94. The second-order valence-corrected chi connectivity index (χ2v) is 6.64. The number of aryl methyl sites for hydroxylation is 1. The lowest BCUT2D eigenvalue weighted by Crippen LogP contribution is -2.46. The summed E-state index contributed by atoms with van der Waals surface area (Å²) >= 11 is 0. The zero-order valence-electron chi connectivity index (χ0n) is 14.3. The number of nitrogens with zero attached hydrogens (tertiary/aromatic N) is 5. The Balaban J connectivity index is 1.51. The van der Waals surface area contributed by atoms with Crippen LogP contribution in [0, 0.1) is 6.92 Å². The van der Waals surface area contributed by atoms with E-state index in [1.165, 1.54) is 11.1 Å². The SMILES string of the molecule is Cc1nc(C2(NCCn3nc4ccccn4c3=O)CCCCC2)no1. The molecule has 8 nitrogen and oxygen atoms in total. The van der Waals surface area contributed by atoms with Gasteiger partial charge in [-0.25, -0.2) is 9.48 Å². The van der Waals surface area contributed by atoms with Crippen molar-refractivity contribution >= 4 is 5.65 Å². The molecule has 3 heterocycles. The van der Waals surface area contributed by atoms with Gasteiger partial charge in [0, 0.05) is 19.7 Å². The van der Waals surface area contributed by atoms with Gasteiger partial charge in [-0.1, -0.05) is 30.5 Å². The lowest BCUT2D eigenvalue weighted by atomic mass is 9.81. The molecule has 0 radical (unpaired) electrons.